The highest BCUT2D eigenvalue weighted by molar-refractivity contribution is 5.45. The maximum Gasteiger partial charge on any atom is 0.160 e. The molecule has 0 heterocycles. The number of rotatable bonds is 3. The number of ether oxygens (including phenoxy) is 1. The van der Waals surface area contributed by atoms with Crippen LogP contribution in [0.5, 0.6) is 11.5 Å². The van der Waals surface area contributed by atoms with Crippen molar-refractivity contribution in [2.45, 2.75) is 19.4 Å². The summed E-state index contributed by atoms with van der Waals surface area (Å²) in [5.41, 5.74) is 6.46. The minimum absolute atomic E-state index is 0.0398. The first-order valence-corrected chi connectivity index (χ1v) is 4.25. The van der Waals surface area contributed by atoms with Gasteiger partial charge in [-0.1, -0.05) is 12.1 Å². The summed E-state index contributed by atoms with van der Waals surface area (Å²) >= 11 is 0. The van der Waals surface area contributed by atoms with E-state index in [1.807, 2.05) is 19.1 Å². The molecule has 3 heteroatoms. The zero-order valence-electron chi connectivity index (χ0n) is 7.95. The molecule has 0 bridgehead atoms. The molecule has 1 rings (SSSR count). The van der Waals surface area contributed by atoms with Gasteiger partial charge in [0.2, 0.25) is 0 Å². The second-order valence-electron chi connectivity index (χ2n) is 3.15. The van der Waals surface area contributed by atoms with E-state index >= 15 is 0 Å². The lowest BCUT2D eigenvalue weighted by Crippen LogP contribution is -2.17. The Hall–Kier alpha value is -1.22. The SMILES string of the molecule is COc1cccc(C[C@@H](C)N)c1O. The molecule has 0 aromatic heterocycles. The van der Waals surface area contributed by atoms with Crippen LogP contribution in [0.2, 0.25) is 0 Å². The summed E-state index contributed by atoms with van der Waals surface area (Å²) in [6.45, 7) is 1.90. The minimum atomic E-state index is 0.0398. The van der Waals surface area contributed by atoms with Crippen LogP contribution >= 0.6 is 0 Å². The normalized spacial score (nSPS) is 12.5. The van der Waals surface area contributed by atoms with E-state index in [0.29, 0.717) is 12.2 Å². The van der Waals surface area contributed by atoms with Crippen LogP contribution in [0.3, 0.4) is 0 Å². The van der Waals surface area contributed by atoms with Gasteiger partial charge in [-0.25, -0.2) is 0 Å². The molecule has 3 nitrogen and oxygen atoms in total. The quantitative estimate of drug-likeness (QED) is 0.738. The standard InChI is InChI=1S/C10H15NO2/c1-7(11)6-8-4-3-5-9(13-2)10(8)12/h3-5,7,12H,6,11H2,1-2H3/t7-/m1/s1. The van der Waals surface area contributed by atoms with Gasteiger partial charge in [0.15, 0.2) is 11.5 Å². The smallest absolute Gasteiger partial charge is 0.160 e. The lowest BCUT2D eigenvalue weighted by molar-refractivity contribution is 0.370. The third kappa shape index (κ3) is 2.36. The van der Waals surface area contributed by atoms with Crippen LogP contribution in [-0.4, -0.2) is 18.3 Å². The predicted octanol–water partition coefficient (Wildman–Crippen LogP) is 1.29. The van der Waals surface area contributed by atoms with Crippen molar-refractivity contribution in [3.05, 3.63) is 23.8 Å². The second kappa shape index (κ2) is 4.14. The molecule has 3 N–H and O–H groups in total. The van der Waals surface area contributed by atoms with Gasteiger partial charge in [-0.3, -0.25) is 0 Å². The summed E-state index contributed by atoms with van der Waals surface area (Å²) in [4.78, 5) is 0. The summed E-state index contributed by atoms with van der Waals surface area (Å²) in [5.74, 6) is 0.695. The number of aromatic hydroxyl groups is 1. The van der Waals surface area contributed by atoms with Crippen molar-refractivity contribution in [2.75, 3.05) is 7.11 Å². The molecule has 13 heavy (non-hydrogen) atoms. The Morgan fingerprint density at radius 2 is 2.23 bits per heavy atom. The maximum absolute atomic E-state index is 9.66. The van der Waals surface area contributed by atoms with Gasteiger partial charge < -0.3 is 15.6 Å². The Labute approximate surface area is 78.1 Å². The monoisotopic (exact) mass is 181 g/mol. The fraction of sp³-hybridized carbons (Fsp3) is 0.400. The van der Waals surface area contributed by atoms with Gasteiger partial charge in [-0.2, -0.15) is 0 Å². The van der Waals surface area contributed by atoms with E-state index in [-0.39, 0.29) is 11.8 Å². The first kappa shape index (κ1) is 9.86. The van der Waals surface area contributed by atoms with Gasteiger partial charge in [-0.05, 0) is 25.0 Å². The van der Waals surface area contributed by atoms with E-state index in [1.54, 1.807) is 6.07 Å². The number of phenolic OH excluding ortho intramolecular Hbond substituents is 1. The summed E-state index contributed by atoms with van der Waals surface area (Å²) in [6, 6.07) is 5.45. The zero-order chi connectivity index (χ0) is 9.84. The topological polar surface area (TPSA) is 55.5 Å². The van der Waals surface area contributed by atoms with E-state index in [0.717, 1.165) is 5.56 Å². The molecule has 0 unspecified atom stereocenters. The van der Waals surface area contributed by atoms with Gasteiger partial charge >= 0.3 is 0 Å². The van der Waals surface area contributed by atoms with Crippen molar-refractivity contribution >= 4 is 0 Å². The highest BCUT2D eigenvalue weighted by Crippen LogP contribution is 2.29. The Bertz CT molecular complexity index is 284. The van der Waals surface area contributed by atoms with Gasteiger partial charge in [-0.15, -0.1) is 0 Å². The third-order valence-corrected chi connectivity index (χ3v) is 1.84. The fourth-order valence-electron chi connectivity index (χ4n) is 1.24. The molecule has 1 aromatic carbocycles. The Morgan fingerprint density at radius 3 is 2.77 bits per heavy atom. The van der Waals surface area contributed by atoms with E-state index in [2.05, 4.69) is 0 Å². The van der Waals surface area contributed by atoms with Crippen molar-refractivity contribution in [3.8, 4) is 11.5 Å². The highest BCUT2D eigenvalue weighted by atomic mass is 16.5. The van der Waals surface area contributed by atoms with Crippen LogP contribution in [0, 0.1) is 0 Å². The summed E-state index contributed by atoms with van der Waals surface area (Å²) in [7, 11) is 1.53. The Balaban J connectivity index is 2.94. The molecule has 0 aliphatic rings. The Morgan fingerprint density at radius 1 is 1.54 bits per heavy atom. The molecule has 0 saturated heterocycles. The molecule has 0 radical (unpaired) electrons. The molecule has 0 saturated carbocycles. The zero-order valence-corrected chi connectivity index (χ0v) is 7.95. The average Bonchev–Trinajstić information content (AvgIpc) is 2.08. The van der Waals surface area contributed by atoms with Crippen LogP contribution in [0.1, 0.15) is 12.5 Å². The molecule has 0 amide bonds. The summed E-state index contributed by atoms with van der Waals surface area (Å²) < 4.78 is 4.98. The molecular weight excluding hydrogens is 166 g/mol. The van der Waals surface area contributed by atoms with E-state index in [1.165, 1.54) is 7.11 Å². The van der Waals surface area contributed by atoms with Crippen molar-refractivity contribution < 1.29 is 9.84 Å². The number of phenols is 1. The van der Waals surface area contributed by atoms with E-state index in [4.69, 9.17) is 10.5 Å². The molecular formula is C10H15NO2. The summed E-state index contributed by atoms with van der Waals surface area (Å²) in [6.07, 6.45) is 0.656. The average molecular weight is 181 g/mol. The number of methoxy groups -OCH3 is 1. The van der Waals surface area contributed by atoms with Crippen molar-refractivity contribution in [2.24, 2.45) is 5.73 Å². The first-order valence-electron chi connectivity index (χ1n) is 4.25. The lowest BCUT2D eigenvalue weighted by Gasteiger charge is -2.10. The predicted molar refractivity (Wildman–Crippen MR) is 52.0 cm³/mol. The molecule has 0 spiro atoms. The van der Waals surface area contributed by atoms with Crippen LogP contribution in [0.25, 0.3) is 0 Å². The maximum atomic E-state index is 9.66. The summed E-state index contributed by atoms with van der Waals surface area (Å²) in [5, 5.41) is 9.66. The lowest BCUT2D eigenvalue weighted by atomic mass is 10.1. The largest absolute Gasteiger partial charge is 0.504 e. The van der Waals surface area contributed by atoms with Crippen LogP contribution in [-0.2, 0) is 6.42 Å². The molecule has 0 aliphatic heterocycles. The number of hydrogen-bond acceptors (Lipinski definition) is 3. The number of benzene rings is 1. The second-order valence-corrected chi connectivity index (χ2v) is 3.15. The van der Waals surface area contributed by atoms with E-state index in [9.17, 15) is 5.11 Å². The fourth-order valence-corrected chi connectivity index (χ4v) is 1.24. The van der Waals surface area contributed by atoms with Gasteiger partial charge in [0.25, 0.3) is 0 Å². The Kier molecular flexibility index (Phi) is 3.14. The van der Waals surface area contributed by atoms with Crippen LogP contribution in [0.4, 0.5) is 0 Å². The van der Waals surface area contributed by atoms with Crippen molar-refractivity contribution in [3.63, 3.8) is 0 Å². The molecule has 72 valence electrons. The van der Waals surface area contributed by atoms with Crippen molar-refractivity contribution in [1.82, 2.24) is 0 Å². The van der Waals surface area contributed by atoms with Gasteiger partial charge in [0.1, 0.15) is 0 Å². The van der Waals surface area contributed by atoms with Crippen molar-refractivity contribution in [1.29, 1.82) is 0 Å². The number of nitrogens with two attached hydrogens (primary N) is 1. The highest BCUT2D eigenvalue weighted by Gasteiger charge is 2.08. The minimum Gasteiger partial charge on any atom is -0.504 e. The third-order valence-electron chi connectivity index (χ3n) is 1.84. The molecule has 0 fully saturated rings. The number of para-hydroxylation sites is 1. The molecule has 0 aliphatic carbocycles. The van der Waals surface area contributed by atoms with E-state index < -0.39 is 0 Å². The van der Waals surface area contributed by atoms with Crippen LogP contribution in [0.15, 0.2) is 18.2 Å². The molecule has 1 aromatic rings. The number of hydrogen-bond donors (Lipinski definition) is 2. The first-order chi connectivity index (χ1) is 6.15. The van der Waals surface area contributed by atoms with Gasteiger partial charge in [0.05, 0.1) is 7.11 Å². The van der Waals surface area contributed by atoms with Crippen LogP contribution < -0.4 is 10.5 Å². The molecule has 1 atom stereocenters. The van der Waals surface area contributed by atoms with Gasteiger partial charge in [0, 0.05) is 6.04 Å².